The van der Waals surface area contributed by atoms with E-state index in [1.165, 1.54) is 11.1 Å². The topological polar surface area (TPSA) is 52.6 Å². The molecule has 1 aliphatic heterocycles. The highest BCUT2D eigenvalue weighted by Crippen LogP contribution is 2.18. The van der Waals surface area contributed by atoms with Crippen molar-refractivity contribution in [3.63, 3.8) is 0 Å². The first-order chi connectivity index (χ1) is 10.2. The van der Waals surface area contributed by atoms with Crippen LogP contribution in [0.3, 0.4) is 0 Å². The van der Waals surface area contributed by atoms with Gasteiger partial charge in [0, 0.05) is 19.6 Å². The van der Waals surface area contributed by atoms with Crippen LogP contribution in [0.4, 0.5) is 4.79 Å². The lowest BCUT2D eigenvalue weighted by Crippen LogP contribution is -2.42. The van der Waals surface area contributed by atoms with E-state index in [1.807, 2.05) is 23.1 Å². The van der Waals surface area contributed by atoms with Crippen molar-refractivity contribution in [2.75, 3.05) is 6.54 Å². The van der Waals surface area contributed by atoms with E-state index in [-0.39, 0.29) is 11.8 Å². The van der Waals surface area contributed by atoms with E-state index >= 15 is 0 Å². The summed E-state index contributed by atoms with van der Waals surface area (Å²) in [5.74, 6) is 0.216. The highest BCUT2D eigenvalue weighted by Gasteiger charge is 2.19. The van der Waals surface area contributed by atoms with Crippen molar-refractivity contribution in [2.24, 2.45) is 0 Å². The fraction of sp³-hybridized carbons (Fsp3) is 0.235. The molecule has 0 radical (unpaired) electrons. The standard InChI is InChI=1S/C17H18N2O2/c20-16-7-3-4-13(10-16)11-18-17(21)19-9-8-14-5-1-2-6-15(14)12-19/h1-7,10,20H,8-9,11-12H2,(H,18,21). The van der Waals surface area contributed by atoms with Crippen molar-refractivity contribution >= 4 is 6.03 Å². The van der Waals surface area contributed by atoms with Gasteiger partial charge in [0.15, 0.2) is 0 Å². The van der Waals surface area contributed by atoms with Crippen molar-refractivity contribution in [3.8, 4) is 5.75 Å². The smallest absolute Gasteiger partial charge is 0.317 e. The molecule has 0 fully saturated rings. The zero-order chi connectivity index (χ0) is 14.7. The molecule has 0 unspecified atom stereocenters. The number of amides is 2. The van der Waals surface area contributed by atoms with Gasteiger partial charge in [-0.15, -0.1) is 0 Å². The third-order valence-electron chi connectivity index (χ3n) is 3.77. The predicted octanol–water partition coefficient (Wildman–Crippen LogP) is 2.66. The van der Waals surface area contributed by atoms with E-state index in [0.29, 0.717) is 13.1 Å². The molecule has 2 aromatic rings. The van der Waals surface area contributed by atoms with Gasteiger partial charge in [0.05, 0.1) is 0 Å². The summed E-state index contributed by atoms with van der Waals surface area (Å²) in [6.07, 6.45) is 0.899. The Labute approximate surface area is 124 Å². The van der Waals surface area contributed by atoms with Gasteiger partial charge < -0.3 is 15.3 Å². The van der Waals surface area contributed by atoms with E-state index < -0.39 is 0 Å². The molecular weight excluding hydrogens is 264 g/mol. The summed E-state index contributed by atoms with van der Waals surface area (Å²) in [7, 11) is 0. The molecule has 0 saturated heterocycles. The van der Waals surface area contributed by atoms with Crippen LogP contribution in [-0.4, -0.2) is 22.6 Å². The van der Waals surface area contributed by atoms with Crippen molar-refractivity contribution < 1.29 is 9.90 Å². The minimum absolute atomic E-state index is 0.0622. The summed E-state index contributed by atoms with van der Waals surface area (Å²) in [6, 6.07) is 15.1. The average molecular weight is 282 g/mol. The molecule has 0 spiro atoms. The number of nitrogens with zero attached hydrogens (tertiary/aromatic N) is 1. The molecule has 21 heavy (non-hydrogen) atoms. The second kappa shape index (κ2) is 5.87. The maximum absolute atomic E-state index is 12.2. The summed E-state index contributed by atoms with van der Waals surface area (Å²) < 4.78 is 0. The Morgan fingerprint density at radius 3 is 2.76 bits per heavy atom. The number of hydrogen-bond acceptors (Lipinski definition) is 2. The van der Waals surface area contributed by atoms with Crippen molar-refractivity contribution in [2.45, 2.75) is 19.5 Å². The Bertz CT molecular complexity index is 655. The highest BCUT2D eigenvalue weighted by molar-refractivity contribution is 5.74. The second-order valence-corrected chi connectivity index (χ2v) is 5.27. The molecule has 2 N–H and O–H groups in total. The van der Waals surface area contributed by atoms with Crippen molar-refractivity contribution in [1.82, 2.24) is 10.2 Å². The zero-order valence-corrected chi connectivity index (χ0v) is 11.7. The van der Waals surface area contributed by atoms with Crippen molar-refractivity contribution in [1.29, 1.82) is 0 Å². The third kappa shape index (κ3) is 3.16. The minimum atomic E-state index is -0.0622. The van der Waals surface area contributed by atoms with Crippen LogP contribution in [0, 0.1) is 0 Å². The molecule has 2 aromatic carbocycles. The first-order valence-corrected chi connectivity index (χ1v) is 7.10. The molecule has 4 nitrogen and oxygen atoms in total. The molecule has 0 aromatic heterocycles. The predicted molar refractivity (Wildman–Crippen MR) is 80.9 cm³/mol. The number of carbonyl (C=O) groups excluding carboxylic acids is 1. The summed E-state index contributed by atoms with van der Waals surface area (Å²) >= 11 is 0. The number of carbonyl (C=O) groups is 1. The lowest BCUT2D eigenvalue weighted by atomic mass is 10.0. The lowest BCUT2D eigenvalue weighted by molar-refractivity contribution is 0.192. The molecule has 1 heterocycles. The van der Waals surface area contributed by atoms with Gasteiger partial charge in [0.1, 0.15) is 5.75 Å². The average Bonchev–Trinajstić information content (AvgIpc) is 2.52. The molecule has 0 saturated carbocycles. The Morgan fingerprint density at radius 2 is 1.95 bits per heavy atom. The van der Waals surface area contributed by atoms with Crippen LogP contribution in [0.15, 0.2) is 48.5 Å². The fourth-order valence-corrected chi connectivity index (χ4v) is 2.62. The second-order valence-electron chi connectivity index (χ2n) is 5.27. The van der Waals surface area contributed by atoms with E-state index in [4.69, 9.17) is 0 Å². The molecule has 3 rings (SSSR count). The van der Waals surface area contributed by atoms with Crippen molar-refractivity contribution in [3.05, 3.63) is 65.2 Å². The largest absolute Gasteiger partial charge is 0.508 e. The summed E-state index contributed by atoms with van der Waals surface area (Å²) in [5.41, 5.74) is 3.44. The first kappa shape index (κ1) is 13.5. The van der Waals surface area contributed by atoms with Crippen LogP contribution in [0.5, 0.6) is 5.75 Å². The summed E-state index contributed by atoms with van der Waals surface area (Å²) in [5, 5.41) is 12.3. The number of rotatable bonds is 2. The molecule has 1 aliphatic rings. The summed E-state index contributed by atoms with van der Waals surface area (Å²) in [6.45, 7) is 1.82. The van der Waals surface area contributed by atoms with Gasteiger partial charge in [-0.3, -0.25) is 0 Å². The van der Waals surface area contributed by atoms with Gasteiger partial charge in [0.25, 0.3) is 0 Å². The van der Waals surface area contributed by atoms with Crippen LogP contribution in [0.25, 0.3) is 0 Å². The minimum Gasteiger partial charge on any atom is -0.508 e. The molecule has 4 heteroatoms. The van der Waals surface area contributed by atoms with Gasteiger partial charge in [-0.05, 0) is 35.2 Å². The number of urea groups is 1. The molecular formula is C17H18N2O2. The van der Waals surface area contributed by atoms with Crippen LogP contribution in [0.1, 0.15) is 16.7 Å². The van der Waals surface area contributed by atoms with E-state index in [9.17, 15) is 9.90 Å². The number of phenolic OH excluding ortho intramolecular Hbond substituents is 1. The Balaban J connectivity index is 1.59. The van der Waals surface area contributed by atoms with Gasteiger partial charge in [0.2, 0.25) is 0 Å². The fourth-order valence-electron chi connectivity index (χ4n) is 2.62. The molecule has 108 valence electrons. The van der Waals surface area contributed by atoms with Gasteiger partial charge in [-0.1, -0.05) is 36.4 Å². The van der Waals surface area contributed by atoms with Crippen LogP contribution in [-0.2, 0) is 19.5 Å². The SMILES string of the molecule is O=C(NCc1cccc(O)c1)N1CCc2ccccc2C1. The van der Waals surface area contributed by atoms with Crippen LogP contribution < -0.4 is 5.32 Å². The number of nitrogens with one attached hydrogen (secondary N) is 1. The number of phenols is 1. The number of hydrogen-bond donors (Lipinski definition) is 2. The zero-order valence-electron chi connectivity index (χ0n) is 11.7. The normalized spacial score (nSPS) is 13.6. The summed E-state index contributed by atoms with van der Waals surface area (Å²) in [4.78, 5) is 14.0. The lowest BCUT2D eigenvalue weighted by Gasteiger charge is -2.29. The molecule has 0 atom stereocenters. The van der Waals surface area contributed by atoms with Crippen LogP contribution >= 0.6 is 0 Å². The first-order valence-electron chi connectivity index (χ1n) is 7.10. The molecule has 2 amide bonds. The molecule has 0 bridgehead atoms. The molecule has 0 aliphatic carbocycles. The van der Waals surface area contributed by atoms with E-state index in [2.05, 4.69) is 17.4 Å². The van der Waals surface area contributed by atoms with Gasteiger partial charge >= 0.3 is 6.03 Å². The van der Waals surface area contributed by atoms with Gasteiger partial charge in [-0.25, -0.2) is 4.79 Å². The maximum atomic E-state index is 12.2. The Hall–Kier alpha value is -2.49. The third-order valence-corrected chi connectivity index (χ3v) is 3.77. The van der Waals surface area contributed by atoms with Gasteiger partial charge in [-0.2, -0.15) is 0 Å². The maximum Gasteiger partial charge on any atom is 0.317 e. The van der Waals surface area contributed by atoms with Crippen LogP contribution in [0.2, 0.25) is 0 Å². The monoisotopic (exact) mass is 282 g/mol. The van der Waals surface area contributed by atoms with E-state index in [1.54, 1.807) is 18.2 Å². The van der Waals surface area contributed by atoms with E-state index in [0.717, 1.165) is 18.5 Å². The Morgan fingerprint density at radius 1 is 1.14 bits per heavy atom. The number of fused-ring (bicyclic) bond motifs is 1. The Kier molecular flexibility index (Phi) is 3.77. The number of aromatic hydroxyl groups is 1. The number of benzene rings is 2. The quantitative estimate of drug-likeness (QED) is 0.889. The highest BCUT2D eigenvalue weighted by atomic mass is 16.3.